The zero-order chi connectivity index (χ0) is 16.1. The quantitative estimate of drug-likeness (QED) is 0.623. The first-order chi connectivity index (χ1) is 11.3. The van der Waals surface area contributed by atoms with Gasteiger partial charge in [0, 0.05) is 37.1 Å². The van der Waals surface area contributed by atoms with Crippen molar-refractivity contribution in [2.24, 2.45) is 0 Å². The first-order valence-electron chi connectivity index (χ1n) is 8.37. The second kappa shape index (κ2) is 7.27. The zero-order valence-corrected chi connectivity index (χ0v) is 13.6. The van der Waals surface area contributed by atoms with Gasteiger partial charge in [0.05, 0.1) is 5.69 Å². The molecule has 1 aliphatic heterocycles. The molecule has 1 saturated heterocycles. The molecule has 0 spiro atoms. The van der Waals surface area contributed by atoms with Gasteiger partial charge in [0.2, 0.25) is 0 Å². The molecule has 0 radical (unpaired) electrons. The van der Waals surface area contributed by atoms with Crippen LogP contribution in [0.3, 0.4) is 0 Å². The highest BCUT2D eigenvalue weighted by Crippen LogP contribution is 2.20. The Balaban J connectivity index is 1.67. The van der Waals surface area contributed by atoms with E-state index >= 15 is 0 Å². The maximum atomic E-state index is 12.3. The van der Waals surface area contributed by atoms with Crippen LogP contribution in [0.25, 0.3) is 6.08 Å². The number of aromatic nitrogens is 2. The molecular formula is C19H23N3O. The molecule has 0 amide bonds. The average Bonchev–Trinajstić information content (AvgIpc) is 3.08. The average molecular weight is 309 g/mol. The molecule has 1 aliphatic rings. The Labute approximate surface area is 137 Å². The van der Waals surface area contributed by atoms with E-state index < -0.39 is 0 Å². The van der Waals surface area contributed by atoms with E-state index in [4.69, 9.17) is 0 Å². The Kier molecular flexibility index (Phi) is 4.91. The molecule has 1 fully saturated rings. The molecule has 0 bridgehead atoms. The van der Waals surface area contributed by atoms with Gasteiger partial charge < -0.3 is 4.90 Å². The predicted molar refractivity (Wildman–Crippen MR) is 93.8 cm³/mol. The number of nitrogens with zero attached hydrogens (tertiary/aromatic N) is 3. The Bertz CT molecular complexity index is 679. The van der Waals surface area contributed by atoms with Crippen molar-refractivity contribution in [1.29, 1.82) is 0 Å². The number of rotatable bonds is 5. The van der Waals surface area contributed by atoms with Gasteiger partial charge in [0.15, 0.2) is 5.78 Å². The minimum Gasteiger partial charge on any atom is -0.372 e. The van der Waals surface area contributed by atoms with E-state index in [2.05, 4.69) is 22.1 Å². The topological polar surface area (TPSA) is 38.1 Å². The molecule has 0 saturated carbocycles. The molecule has 120 valence electrons. The van der Waals surface area contributed by atoms with E-state index in [1.165, 1.54) is 24.9 Å². The first-order valence-corrected chi connectivity index (χ1v) is 8.37. The summed E-state index contributed by atoms with van der Waals surface area (Å²) in [5.41, 5.74) is 2.89. The molecule has 1 aromatic carbocycles. The van der Waals surface area contributed by atoms with E-state index in [0.29, 0.717) is 0 Å². The highest BCUT2D eigenvalue weighted by molar-refractivity contribution is 6.06. The molecule has 4 heteroatoms. The summed E-state index contributed by atoms with van der Waals surface area (Å²) < 4.78 is 1.86. The van der Waals surface area contributed by atoms with Gasteiger partial charge in [-0.05, 0) is 68.7 Å². The van der Waals surface area contributed by atoms with Gasteiger partial charge >= 0.3 is 0 Å². The minimum atomic E-state index is 0.0269. The lowest BCUT2D eigenvalue weighted by Crippen LogP contribution is -2.29. The monoisotopic (exact) mass is 309 g/mol. The third-order valence-electron chi connectivity index (χ3n) is 4.33. The van der Waals surface area contributed by atoms with Gasteiger partial charge in [-0.25, -0.2) is 0 Å². The fourth-order valence-corrected chi connectivity index (χ4v) is 2.99. The number of anilines is 1. The smallest absolute Gasteiger partial charge is 0.185 e. The predicted octanol–water partition coefficient (Wildman–Crippen LogP) is 3.79. The number of ketones is 1. The summed E-state index contributed by atoms with van der Waals surface area (Å²) in [5.74, 6) is 0.0269. The van der Waals surface area contributed by atoms with Crippen LogP contribution in [-0.4, -0.2) is 28.7 Å². The van der Waals surface area contributed by atoms with Gasteiger partial charge in [0.1, 0.15) is 0 Å². The first kappa shape index (κ1) is 15.5. The Morgan fingerprint density at radius 1 is 1.13 bits per heavy atom. The fraction of sp³-hybridized carbons (Fsp3) is 0.368. The number of hydrogen-bond acceptors (Lipinski definition) is 3. The van der Waals surface area contributed by atoms with E-state index in [-0.39, 0.29) is 5.78 Å². The van der Waals surface area contributed by atoms with Crippen LogP contribution in [0.5, 0.6) is 0 Å². The minimum absolute atomic E-state index is 0.0269. The third kappa shape index (κ3) is 3.70. The summed E-state index contributed by atoms with van der Waals surface area (Å²) in [6.45, 7) is 5.07. The molecule has 2 aromatic rings. The summed E-state index contributed by atoms with van der Waals surface area (Å²) in [7, 11) is 0. The maximum Gasteiger partial charge on any atom is 0.185 e. The van der Waals surface area contributed by atoms with Crippen LogP contribution in [-0.2, 0) is 6.54 Å². The Morgan fingerprint density at radius 3 is 2.57 bits per heavy atom. The number of carbonyl (C=O) groups is 1. The summed E-state index contributed by atoms with van der Waals surface area (Å²) in [5, 5.41) is 4.20. The number of benzene rings is 1. The lowest BCUT2D eigenvalue weighted by Gasteiger charge is -2.28. The molecule has 0 atom stereocenters. The molecule has 4 nitrogen and oxygen atoms in total. The SMILES string of the molecule is CCn1nccc1/C=C/C(=O)c1ccc(N2CCCCC2)cc1. The van der Waals surface area contributed by atoms with E-state index in [0.717, 1.165) is 30.9 Å². The standard InChI is InChI=1S/C19H23N3O/c1-2-22-18(12-13-20-22)10-11-19(23)16-6-8-17(9-7-16)21-14-4-3-5-15-21/h6-13H,2-5,14-15H2,1H3/b11-10+. The van der Waals surface area contributed by atoms with E-state index in [1.807, 2.05) is 35.9 Å². The van der Waals surface area contributed by atoms with Crippen LogP contribution in [0.1, 0.15) is 42.2 Å². The number of allylic oxidation sites excluding steroid dienone is 1. The number of piperidine rings is 1. The molecular weight excluding hydrogens is 286 g/mol. The molecule has 0 unspecified atom stereocenters. The van der Waals surface area contributed by atoms with Gasteiger partial charge in [-0.2, -0.15) is 5.10 Å². The molecule has 0 N–H and O–H groups in total. The van der Waals surface area contributed by atoms with Crippen molar-refractivity contribution in [3.8, 4) is 0 Å². The van der Waals surface area contributed by atoms with Crippen molar-refractivity contribution in [2.75, 3.05) is 18.0 Å². The van der Waals surface area contributed by atoms with Crippen molar-refractivity contribution in [2.45, 2.75) is 32.7 Å². The lowest BCUT2D eigenvalue weighted by molar-refractivity contribution is 0.104. The summed E-state index contributed by atoms with van der Waals surface area (Å²) in [6, 6.07) is 9.87. The molecule has 2 heterocycles. The second-order valence-corrected chi connectivity index (χ2v) is 5.86. The molecule has 0 aliphatic carbocycles. The Hall–Kier alpha value is -2.36. The molecule has 3 rings (SSSR count). The number of hydrogen-bond donors (Lipinski definition) is 0. The van der Waals surface area contributed by atoms with Gasteiger partial charge in [0.25, 0.3) is 0 Å². The number of aryl methyl sites for hydroxylation is 1. The van der Waals surface area contributed by atoms with Gasteiger partial charge in [-0.15, -0.1) is 0 Å². The Morgan fingerprint density at radius 2 is 1.87 bits per heavy atom. The molecule has 1 aromatic heterocycles. The van der Waals surface area contributed by atoms with Crippen molar-refractivity contribution in [3.63, 3.8) is 0 Å². The molecule has 23 heavy (non-hydrogen) atoms. The summed E-state index contributed by atoms with van der Waals surface area (Å²) >= 11 is 0. The van der Waals surface area contributed by atoms with Crippen LogP contribution in [0.15, 0.2) is 42.6 Å². The summed E-state index contributed by atoms with van der Waals surface area (Å²) in [4.78, 5) is 14.7. The van der Waals surface area contributed by atoms with Crippen LogP contribution in [0.2, 0.25) is 0 Å². The largest absolute Gasteiger partial charge is 0.372 e. The van der Waals surface area contributed by atoms with Crippen LogP contribution < -0.4 is 4.90 Å². The summed E-state index contributed by atoms with van der Waals surface area (Å²) in [6.07, 6.45) is 9.05. The highest BCUT2D eigenvalue weighted by Gasteiger charge is 2.11. The highest BCUT2D eigenvalue weighted by atomic mass is 16.1. The van der Waals surface area contributed by atoms with Gasteiger partial charge in [-0.3, -0.25) is 9.48 Å². The third-order valence-corrected chi connectivity index (χ3v) is 4.33. The zero-order valence-electron chi connectivity index (χ0n) is 13.6. The van der Waals surface area contributed by atoms with Crippen molar-refractivity contribution in [3.05, 3.63) is 53.9 Å². The second-order valence-electron chi connectivity index (χ2n) is 5.86. The van der Waals surface area contributed by atoms with Crippen LogP contribution in [0, 0.1) is 0 Å². The van der Waals surface area contributed by atoms with Crippen LogP contribution >= 0.6 is 0 Å². The normalized spacial score (nSPS) is 15.3. The van der Waals surface area contributed by atoms with E-state index in [1.54, 1.807) is 12.3 Å². The van der Waals surface area contributed by atoms with Gasteiger partial charge in [-0.1, -0.05) is 0 Å². The number of carbonyl (C=O) groups excluding carboxylic acids is 1. The van der Waals surface area contributed by atoms with Crippen molar-refractivity contribution in [1.82, 2.24) is 9.78 Å². The van der Waals surface area contributed by atoms with Crippen LogP contribution in [0.4, 0.5) is 5.69 Å². The van der Waals surface area contributed by atoms with E-state index in [9.17, 15) is 4.79 Å². The fourth-order valence-electron chi connectivity index (χ4n) is 2.99. The van der Waals surface area contributed by atoms with Crippen molar-refractivity contribution < 1.29 is 4.79 Å². The van der Waals surface area contributed by atoms with Crippen molar-refractivity contribution >= 4 is 17.5 Å². The lowest BCUT2D eigenvalue weighted by atomic mass is 10.1. The maximum absolute atomic E-state index is 12.3.